The lowest BCUT2D eigenvalue weighted by molar-refractivity contribution is -0.119. The standard InChI is InChI=1S/C23H25F2N3O3/c1-4-27(5-2)21-19-18(12-11-17(24)20(19)25)28(16-9-7-6-8-10-16)22(21)23(30)31-14-13-26-15(3)29/h6-12H,4-5,13-14H2,1-3H3,(H,26,29). The number of nitrogens with one attached hydrogen (secondary N) is 1. The highest BCUT2D eigenvalue weighted by atomic mass is 19.2. The van der Waals surface area contributed by atoms with Crippen molar-refractivity contribution in [2.24, 2.45) is 0 Å². The summed E-state index contributed by atoms with van der Waals surface area (Å²) in [5.41, 5.74) is 1.37. The minimum atomic E-state index is -1.01. The molecule has 3 aromatic rings. The summed E-state index contributed by atoms with van der Waals surface area (Å²) in [4.78, 5) is 26.1. The van der Waals surface area contributed by atoms with Gasteiger partial charge in [-0.05, 0) is 38.1 Å². The van der Waals surface area contributed by atoms with Gasteiger partial charge in [-0.3, -0.25) is 4.79 Å². The van der Waals surface area contributed by atoms with Gasteiger partial charge in [0.15, 0.2) is 17.3 Å². The lowest BCUT2D eigenvalue weighted by Crippen LogP contribution is -2.28. The Balaban J connectivity index is 2.26. The van der Waals surface area contributed by atoms with E-state index < -0.39 is 17.6 Å². The Bertz CT molecular complexity index is 1090. The van der Waals surface area contributed by atoms with E-state index in [1.165, 1.54) is 13.0 Å². The molecule has 0 aliphatic carbocycles. The van der Waals surface area contributed by atoms with Gasteiger partial charge in [-0.15, -0.1) is 0 Å². The number of aromatic nitrogens is 1. The molecule has 1 aromatic heterocycles. The fraction of sp³-hybridized carbons (Fsp3) is 0.304. The van der Waals surface area contributed by atoms with Crippen molar-refractivity contribution in [3.63, 3.8) is 0 Å². The average molecular weight is 429 g/mol. The summed E-state index contributed by atoms with van der Waals surface area (Å²) in [6, 6.07) is 11.5. The first-order valence-corrected chi connectivity index (χ1v) is 10.1. The highest BCUT2D eigenvalue weighted by Gasteiger charge is 2.30. The number of ether oxygens (including phenoxy) is 1. The molecule has 31 heavy (non-hydrogen) atoms. The Morgan fingerprint density at radius 2 is 1.74 bits per heavy atom. The Morgan fingerprint density at radius 1 is 1.06 bits per heavy atom. The molecule has 0 fully saturated rings. The maximum Gasteiger partial charge on any atom is 0.357 e. The first kappa shape index (κ1) is 22.3. The van der Waals surface area contributed by atoms with Crippen LogP contribution in [0.15, 0.2) is 42.5 Å². The molecule has 0 saturated heterocycles. The van der Waals surface area contributed by atoms with E-state index in [9.17, 15) is 14.0 Å². The molecular weight excluding hydrogens is 404 g/mol. The fourth-order valence-corrected chi connectivity index (χ4v) is 3.62. The molecule has 0 aliphatic rings. The third kappa shape index (κ3) is 4.38. The molecule has 2 aromatic carbocycles. The molecule has 0 radical (unpaired) electrons. The number of halogens is 2. The Labute approximate surface area is 179 Å². The van der Waals surface area contributed by atoms with Gasteiger partial charge in [-0.2, -0.15) is 0 Å². The minimum absolute atomic E-state index is 0.0290. The number of anilines is 1. The van der Waals surface area contributed by atoms with E-state index >= 15 is 4.39 Å². The van der Waals surface area contributed by atoms with Crippen LogP contribution in [-0.4, -0.2) is 42.7 Å². The van der Waals surface area contributed by atoms with E-state index in [-0.39, 0.29) is 35.8 Å². The fourth-order valence-electron chi connectivity index (χ4n) is 3.62. The van der Waals surface area contributed by atoms with E-state index in [1.807, 2.05) is 19.9 Å². The van der Waals surface area contributed by atoms with Gasteiger partial charge < -0.3 is 19.5 Å². The van der Waals surface area contributed by atoms with Crippen molar-refractivity contribution in [2.45, 2.75) is 20.8 Å². The number of carbonyl (C=O) groups excluding carboxylic acids is 2. The molecule has 6 nitrogen and oxygen atoms in total. The molecule has 164 valence electrons. The van der Waals surface area contributed by atoms with Crippen molar-refractivity contribution >= 4 is 28.5 Å². The van der Waals surface area contributed by atoms with Gasteiger partial charge in [0.25, 0.3) is 0 Å². The van der Waals surface area contributed by atoms with Crippen molar-refractivity contribution in [1.82, 2.24) is 9.88 Å². The highest BCUT2D eigenvalue weighted by Crippen LogP contribution is 2.39. The molecule has 0 aliphatic heterocycles. The zero-order chi connectivity index (χ0) is 22.5. The van der Waals surface area contributed by atoms with Crippen LogP contribution in [-0.2, 0) is 9.53 Å². The van der Waals surface area contributed by atoms with Crippen LogP contribution in [0.1, 0.15) is 31.3 Å². The van der Waals surface area contributed by atoms with Gasteiger partial charge in [0, 0.05) is 25.7 Å². The molecular formula is C23H25F2N3O3. The molecule has 8 heteroatoms. The van der Waals surface area contributed by atoms with E-state index in [0.717, 1.165) is 6.07 Å². The summed E-state index contributed by atoms with van der Waals surface area (Å²) < 4.78 is 36.2. The van der Waals surface area contributed by atoms with Crippen LogP contribution in [0.5, 0.6) is 0 Å². The molecule has 0 atom stereocenters. The monoisotopic (exact) mass is 429 g/mol. The Hall–Kier alpha value is -3.42. The smallest absolute Gasteiger partial charge is 0.357 e. The van der Waals surface area contributed by atoms with Crippen LogP contribution in [0.3, 0.4) is 0 Å². The van der Waals surface area contributed by atoms with Gasteiger partial charge in [0.2, 0.25) is 5.91 Å². The Morgan fingerprint density at radius 3 is 2.35 bits per heavy atom. The van der Waals surface area contributed by atoms with Gasteiger partial charge in [0.1, 0.15) is 6.61 Å². The number of rotatable bonds is 8. The van der Waals surface area contributed by atoms with Gasteiger partial charge >= 0.3 is 5.97 Å². The quantitative estimate of drug-likeness (QED) is 0.434. The van der Waals surface area contributed by atoms with Crippen LogP contribution in [0.25, 0.3) is 16.6 Å². The number of hydrogen-bond donors (Lipinski definition) is 1. The molecule has 0 spiro atoms. The summed E-state index contributed by atoms with van der Waals surface area (Å²) in [6.07, 6.45) is 0. The lowest BCUT2D eigenvalue weighted by atomic mass is 10.1. The first-order chi connectivity index (χ1) is 14.9. The van der Waals surface area contributed by atoms with Crippen molar-refractivity contribution in [1.29, 1.82) is 0 Å². The van der Waals surface area contributed by atoms with Crippen LogP contribution < -0.4 is 10.2 Å². The lowest BCUT2D eigenvalue weighted by Gasteiger charge is -2.22. The summed E-state index contributed by atoms with van der Waals surface area (Å²) in [7, 11) is 0. The molecule has 1 amide bonds. The van der Waals surface area contributed by atoms with E-state index in [0.29, 0.717) is 24.3 Å². The molecule has 1 heterocycles. The second-order valence-corrected chi connectivity index (χ2v) is 6.91. The number of nitrogens with zero attached hydrogens (tertiary/aromatic N) is 2. The van der Waals surface area contributed by atoms with Gasteiger partial charge in [0.05, 0.1) is 23.1 Å². The number of fused-ring (bicyclic) bond motifs is 1. The summed E-state index contributed by atoms with van der Waals surface area (Å²) in [5.74, 6) is -2.93. The largest absolute Gasteiger partial charge is 0.459 e. The highest BCUT2D eigenvalue weighted by molar-refractivity contribution is 6.08. The number of amides is 1. The van der Waals surface area contributed by atoms with Crippen LogP contribution in [0.2, 0.25) is 0 Å². The number of hydrogen-bond acceptors (Lipinski definition) is 4. The molecule has 1 N–H and O–H groups in total. The second kappa shape index (κ2) is 9.59. The first-order valence-electron chi connectivity index (χ1n) is 10.1. The Kier molecular flexibility index (Phi) is 6.89. The number of esters is 1. The second-order valence-electron chi connectivity index (χ2n) is 6.91. The van der Waals surface area contributed by atoms with Gasteiger partial charge in [-0.1, -0.05) is 18.2 Å². The summed E-state index contributed by atoms with van der Waals surface area (Å²) in [6.45, 7) is 6.17. The minimum Gasteiger partial charge on any atom is -0.459 e. The normalized spacial score (nSPS) is 10.9. The predicted molar refractivity (Wildman–Crippen MR) is 116 cm³/mol. The van der Waals surface area contributed by atoms with Crippen LogP contribution in [0, 0.1) is 11.6 Å². The molecule has 0 unspecified atom stereocenters. The van der Waals surface area contributed by atoms with E-state index in [2.05, 4.69) is 5.32 Å². The summed E-state index contributed by atoms with van der Waals surface area (Å²) >= 11 is 0. The number of para-hydroxylation sites is 1. The SMILES string of the molecule is CCN(CC)c1c(C(=O)OCCNC(C)=O)n(-c2ccccc2)c2ccc(F)c(F)c12. The third-order valence-corrected chi connectivity index (χ3v) is 5.00. The average Bonchev–Trinajstić information content (AvgIpc) is 3.11. The zero-order valence-corrected chi connectivity index (χ0v) is 17.7. The van der Waals surface area contributed by atoms with E-state index in [4.69, 9.17) is 4.74 Å². The van der Waals surface area contributed by atoms with Crippen LogP contribution >= 0.6 is 0 Å². The van der Waals surface area contributed by atoms with Crippen molar-refractivity contribution in [3.8, 4) is 5.69 Å². The van der Waals surface area contributed by atoms with Crippen molar-refractivity contribution < 1.29 is 23.1 Å². The molecule has 0 saturated carbocycles. The van der Waals surface area contributed by atoms with E-state index in [1.54, 1.807) is 33.7 Å². The van der Waals surface area contributed by atoms with Crippen molar-refractivity contribution in [3.05, 3.63) is 59.8 Å². The van der Waals surface area contributed by atoms with Gasteiger partial charge in [-0.25, -0.2) is 13.6 Å². The van der Waals surface area contributed by atoms with Crippen molar-refractivity contribution in [2.75, 3.05) is 31.1 Å². The molecule has 3 rings (SSSR count). The number of benzene rings is 2. The third-order valence-electron chi connectivity index (χ3n) is 5.00. The number of carbonyl (C=O) groups is 2. The summed E-state index contributed by atoms with van der Waals surface area (Å²) in [5, 5.41) is 2.59. The maximum atomic E-state index is 15.0. The molecule has 0 bridgehead atoms. The topological polar surface area (TPSA) is 63.6 Å². The predicted octanol–water partition coefficient (Wildman–Crippen LogP) is 4.05. The maximum absolute atomic E-state index is 15.0. The van der Waals surface area contributed by atoms with Crippen LogP contribution in [0.4, 0.5) is 14.5 Å². The zero-order valence-electron chi connectivity index (χ0n) is 17.7.